The van der Waals surface area contributed by atoms with Crippen molar-refractivity contribution in [3.05, 3.63) is 35.2 Å². The molecule has 1 unspecified atom stereocenters. The van der Waals surface area contributed by atoms with E-state index in [0.717, 1.165) is 4.88 Å². The lowest BCUT2D eigenvalue weighted by atomic mass is 10.2. The van der Waals surface area contributed by atoms with E-state index in [4.69, 9.17) is 13.9 Å². The second kappa shape index (κ2) is 9.49. The molecule has 0 saturated heterocycles. The number of rotatable bonds is 7. The Bertz CT molecular complexity index is 1060. The fourth-order valence-electron chi connectivity index (χ4n) is 2.58. The van der Waals surface area contributed by atoms with Gasteiger partial charge >= 0.3 is 6.09 Å². The first-order valence-corrected chi connectivity index (χ1v) is 10.8. The number of oxazole rings is 1. The van der Waals surface area contributed by atoms with Crippen molar-refractivity contribution >= 4 is 45.8 Å². The molecule has 31 heavy (non-hydrogen) atoms. The van der Waals surface area contributed by atoms with Crippen LogP contribution >= 0.6 is 11.3 Å². The van der Waals surface area contributed by atoms with Gasteiger partial charge in [-0.3, -0.25) is 4.90 Å². The van der Waals surface area contributed by atoms with Crippen LogP contribution in [0.5, 0.6) is 5.75 Å². The monoisotopic (exact) mass is 445 g/mol. The van der Waals surface area contributed by atoms with Gasteiger partial charge in [0.05, 0.1) is 6.61 Å². The number of anilines is 1. The summed E-state index contributed by atoms with van der Waals surface area (Å²) in [5.74, 6) is 1.06. The van der Waals surface area contributed by atoms with Crippen molar-refractivity contribution in [2.24, 2.45) is 0 Å². The van der Waals surface area contributed by atoms with E-state index < -0.39 is 11.7 Å². The summed E-state index contributed by atoms with van der Waals surface area (Å²) in [6, 6.07) is 5.38. The van der Waals surface area contributed by atoms with E-state index in [2.05, 4.69) is 9.97 Å². The third-order valence-corrected chi connectivity index (χ3v) is 5.23. The highest BCUT2D eigenvalue weighted by Gasteiger charge is 2.22. The Morgan fingerprint density at radius 3 is 2.81 bits per heavy atom. The standard InChI is InChI=1S/C22H27N3O5S/c1-6-14(13-26)28-15-7-9-17-18(11-15)29-19(24-17)10-8-16-12-23-20(31-16)25(5)21(27)30-22(2,3)4/h7-12,14,26H,6,13H2,1-5H3/b10-8+. The summed E-state index contributed by atoms with van der Waals surface area (Å²) in [6.45, 7) is 7.36. The summed E-state index contributed by atoms with van der Waals surface area (Å²) in [5.41, 5.74) is 0.733. The number of amides is 1. The van der Waals surface area contributed by atoms with Gasteiger partial charge in [-0.15, -0.1) is 0 Å². The minimum Gasteiger partial charge on any atom is -0.488 e. The molecule has 9 heteroatoms. The Hall–Kier alpha value is -2.91. The van der Waals surface area contributed by atoms with Crippen LogP contribution in [0.2, 0.25) is 0 Å². The molecule has 1 atom stereocenters. The number of thiazole rings is 1. The molecule has 2 heterocycles. The molecule has 0 bridgehead atoms. The first-order chi connectivity index (χ1) is 14.7. The van der Waals surface area contributed by atoms with Crippen molar-refractivity contribution in [3.63, 3.8) is 0 Å². The van der Waals surface area contributed by atoms with E-state index in [-0.39, 0.29) is 12.7 Å². The Morgan fingerprint density at radius 1 is 1.35 bits per heavy atom. The molecule has 1 aromatic carbocycles. The molecule has 3 aromatic rings. The predicted molar refractivity (Wildman–Crippen MR) is 121 cm³/mol. The summed E-state index contributed by atoms with van der Waals surface area (Å²) in [7, 11) is 1.63. The number of ether oxygens (including phenoxy) is 2. The summed E-state index contributed by atoms with van der Waals surface area (Å²) < 4.78 is 16.9. The van der Waals surface area contributed by atoms with E-state index in [1.807, 2.05) is 39.8 Å². The van der Waals surface area contributed by atoms with Crippen LogP contribution in [0.25, 0.3) is 23.3 Å². The fraction of sp³-hybridized carbons (Fsp3) is 0.409. The topological polar surface area (TPSA) is 97.9 Å². The Kier molecular flexibility index (Phi) is 6.97. The largest absolute Gasteiger partial charge is 0.488 e. The zero-order chi connectivity index (χ0) is 22.6. The van der Waals surface area contributed by atoms with Crippen molar-refractivity contribution in [3.8, 4) is 5.75 Å². The SMILES string of the molecule is CCC(CO)Oc1ccc2nc(/C=C/c3cnc(N(C)C(=O)OC(C)(C)C)s3)oc2c1. The van der Waals surface area contributed by atoms with Gasteiger partial charge < -0.3 is 19.0 Å². The zero-order valence-corrected chi connectivity index (χ0v) is 19.1. The van der Waals surface area contributed by atoms with E-state index in [9.17, 15) is 9.90 Å². The fourth-order valence-corrected chi connectivity index (χ4v) is 3.35. The number of aliphatic hydroxyl groups excluding tert-OH is 1. The normalized spacial score (nSPS) is 13.0. The first-order valence-electron chi connectivity index (χ1n) is 9.97. The number of benzene rings is 1. The molecule has 0 fully saturated rings. The molecule has 0 aliphatic heterocycles. The number of carbonyl (C=O) groups is 1. The van der Waals surface area contributed by atoms with E-state index in [1.165, 1.54) is 16.2 Å². The third-order valence-electron chi connectivity index (χ3n) is 4.19. The molecule has 1 amide bonds. The molecule has 166 valence electrons. The van der Waals surface area contributed by atoms with Crippen LogP contribution in [0.1, 0.15) is 44.9 Å². The van der Waals surface area contributed by atoms with E-state index >= 15 is 0 Å². The summed E-state index contributed by atoms with van der Waals surface area (Å²) >= 11 is 1.35. The lowest BCUT2D eigenvalue weighted by molar-refractivity contribution is 0.0589. The molecule has 0 radical (unpaired) electrons. The first kappa shape index (κ1) is 22.8. The maximum atomic E-state index is 12.2. The van der Waals surface area contributed by atoms with Crippen molar-refractivity contribution in [1.29, 1.82) is 0 Å². The number of nitrogens with zero attached hydrogens (tertiary/aromatic N) is 3. The van der Waals surface area contributed by atoms with Crippen LogP contribution in [0.4, 0.5) is 9.93 Å². The Labute approximate surface area is 185 Å². The van der Waals surface area contributed by atoms with Gasteiger partial charge in [-0.25, -0.2) is 14.8 Å². The maximum absolute atomic E-state index is 12.2. The van der Waals surface area contributed by atoms with Gasteiger partial charge in [0.1, 0.15) is 23.0 Å². The quantitative estimate of drug-likeness (QED) is 0.548. The predicted octanol–water partition coefficient (Wildman–Crippen LogP) is 4.98. The van der Waals surface area contributed by atoms with Gasteiger partial charge in [0.25, 0.3) is 0 Å². The van der Waals surface area contributed by atoms with E-state index in [0.29, 0.717) is 34.3 Å². The molecular weight excluding hydrogens is 418 g/mol. The minimum absolute atomic E-state index is 0.0428. The molecule has 0 aliphatic carbocycles. The van der Waals surface area contributed by atoms with Crippen molar-refractivity contribution < 1.29 is 23.8 Å². The van der Waals surface area contributed by atoms with Gasteiger partial charge in [-0.1, -0.05) is 18.3 Å². The van der Waals surface area contributed by atoms with Gasteiger partial charge in [0.2, 0.25) is 5.89 Å². The third kappa shape index (κ3) is 6.05. The maximum Gasteiger partial charge on any atom is 0.416 e. The number of aliphatic hydroxyl groups is 1. The van der Waals surface area contributed by atoms with Gasteiger partial charge in [-0.2, -0.15) is 0 Å². The molecular formula is C22H27N3O5S. The number of hydrogen-bond acceptors (Lipinski definition) is 8. The molecule has 2 aromatic heterocycles. The molecule has 0 saturated carbocycles. The summed E-state index contributed by atoms with van der Waals surface area (Å²) in [5, 5.41) is 9.83. The van der Waals surface area contributed by atoms with Crippen LogP contribution in [-0.2, 0) is 4.74 Å². The van der Waals surface area contributed by atoms with Crippen LogP contribution in [0.3, 0.4) is 0 Å². The number of aromatic nitrogens is 2. The number of hydrogen-bond donors (Lipinski definition) is 1. The number of fused-ring (bicyclic) bond motifs is 1. The van der Waals surface area contributed by atoms with Crippen molar-refractivity contribution in [1.82, 2.24) is 9.97 Å². The molecule has 0 spiro atoms. The van der Waals surface area contributed by atoms with Crippen LogP contribution in [-0.4, -0.2) is 46.5 Å². The van der Waals surface area contributed by atoms with E-state index in [1.54, 1.807) is 31.5 Å². The molecule has 1 N–H and O–H groups in total. The molecule has 8 nitrogen and oxygen atoms in total. The van der Waals surface area contributed by atoms with Gasteiger partial charge in [-0.05, 0) is 45.4 Å². The van der Waals surface area contributed by atoms with Gasteiger partial charge in [0.15, 0.2) is 10.7 Å². The highest BCUT2D eigenvalue weighted by atomic mass is 32.1. The smallest absolute Gasteiger partial charge is 0.416 e. The molecule has 3 rings (SSSR count). The second-order valence-electron chi connectivity index (χ2n) is 7.93. The van der Waals surface area contributed by atoms with Crippen LogP contribution in [0.15, 0.2) is 28.8 Å². The summed E-state index contributed by atoms with van der Waals surface area (Å²) in [4.78, 5) is 23.1. The average Bonchev–Trinajstić information content (AvgIpc) is 3.34. The second-order valence-corrected chi connectivity index (χ2v) is 8.97. The zero-order valence-electron chi connectivity index (χ0n) is 18.3. The average molecular weight is 446 g/mol. The lowest BCUT2D eigenvalue weighted by Crippen LogP contribution is -2.34. The Morgan fingerprint density at radius 2 is 2.13 bits per heavy atom. The molecule has 0 aliphatic rings. The highest BCUT2D eigenvalue weighted by Crippen LogP contribution is 2.26. The van der Waals surface area contributed by atoms with Crippen molar-refractivity contribution in [2.45, 2.75) is 45.8 Å². The van der Waals surface area contributed by atoms with Crippen molar-refractivity contribution in [2.75, 3.05) is 18.6 Å². The number of carbonyl (C=O) groups excluding carboxylic acids is 1. The Balaban J connectivity index is 1.70. The van der Waals surface area contributed by atoms with Crippen LogP contribution < -0.4 is 9.64 Å². The van der Waals surface area contributed by atoms with Gasteiger partial charge in [0, 0.05) is 30.3 Å². The minimum atomic E-state index is -0.571. The highest BCUT2D eigenvalue weighted by molar-refractivity contribution is 7.16. The summed E-state index contributed by atoms with van der Waals surface area (Å²) in [6.07, 6.45) is 5.24. The lowest BCUT2D eigenvalue weighted by Gasteiger charge is -2.23. The van der Waals surface area contributed by atoms with Crippen LogP contribution in [0, 0.1) is 0 Å².